The largest absolute Gasteiger partial charge is 0.503 e. The fourth-order valence-corrected chi connectivity index (χ4v) is 3.19. The predicted molar refractivity (Wildman–Crippen MR) is 81.7 cm³/mol. The highest BCUT2D eigenvalue weighted by molar-refractivity contribution is 6.02. The summed E-state index contributed by atoms with van der Waals surface area (Å²) in [6.45, 7) is 1.47. The quantitative estimate of drug-likeness (QED) is 0.763. The van der Waals surface area contributed by atoms with Crippen molar-refractivity contribution in [3.8, 4) is 5.75 Å². The van der Waals surface area contributed by atoms with Crippen molar-refractivity contribution in [2.24, 2.45) is 0 Å². The number of hydrogen-bond donors (Lipinski definition) is 1. The normalized spacial score (nSPS) is 20.8. The highest BCUT2D eigenvalue weighted by Crippen LogP contribution is 2.31. The fraction of sp³-hybridized carbons (Fsp3) is 0.600. The van der Waals surface area contributed by atoms with Gasteiger partial charge in [0.25, 0.3) is 5.91 Å². The van der Waals surface area contributed by atoms with Crippen molar-refractivity contribution in [1.82, 2.24) is 19.6 Å². The Hall–Kier alpha value is -2.58. The molecule has 3 heterocycles. The molecule has 2 aliphatic heterocycles. The zero-order valence-corrected chi connectivity index (χ0v) is 13.7. The number of amides is 2. The van der Waals surface area contributed by atoms with E-state index >= 15 is 0 Å². The number of nitrogens with zero attached hydrogens (tertiary/aromatic N) is 4. The Bertz CT molecular complexity index is 692. The van der Waals surface area contributed by atoms with Gasteiger partial charge in [-0.2, -0.15) is 5.10 Å². The van der Waals surface area contributed by atoms with Crippen molar-refractivity contribution in [2.75, 3.05) is 33.8 Å². The molecule has 1 aromatic heterocycles. The number of aromatic hydroxyl groups is 1. The van der Waals surface area contributed by atoms with Crippen LogP contribution in [-0.4, -0.2) is 76.3 Å². The molecule has 2 aliphatic rings. The van der Waals surface area contributed by atoms with Gasteiger partial charge in [-0.05, 0) is 19.3 Å². The summed E-state index contributed by atoms with van der Waals surface area (Å²) in [5, 5.41) is 14.2. The number of carbonyl (C=O) groups is 3. The summed E-state index contributed by atoms with van der Waals surface area (Å²) in [7, 11) is 2.71. The lowest BCUT2D eigenvalue weighted by Crippen LogP contribution is -2.49. The van der Waals surface area contributed by atoms with E-state index in [-0.39, 0.29) is 23.8 Å². The Labute approximate surface area is 138 Å². The molecule has 3 rings (SSSR count). The highest BCUT2D eigenvalue weighted by atomic mass is 16.5. The molecule has 1 saturated heterocycles. The maximum atomic E-state index is 12.9. The van der Waals surface area contributed by atoms with E-state index in [1.807, 2.05) is 0 Å². The third kappa shape index (κ3) is 2.49. The van der Waals surface area contributed by atoms with E-state index in [1.54, 1.807) is 11.9 Å². The molecular formula is C15H20N4O5. The number of esters is 1. The minimum atomic E-state index is -0.853. The first-order valence-corrected chi connectivity index (χ1v) is 7.89. The maximum Gasteiger partial charge on any atom is 0.362 e. The molecule has 9 heteroatoms. The molecule has 0 spiro atoms. The van der Waals surface area contributed by atoms with Gasteiger partial charge in [0.05, 0.1) is 13.7 Å². The molecular weight excluding hydrogens is 316 g/mol. The van der Waals surface area contributed by atoms with Crippen molar-refractivity contribution in [2.45, 2.75) is 25.3 Å². The number of hydrogen-bond acceptors (Lipinski definition) is 6. The van der Waals surface area contributed by atoms with E-state index < -0.39 is 23.7 Å². The van der Waals surface area contributed by atoms with Gasteiger partial charge < -0.3 is 19.6 Å². The number of carbonyl (C=O) groups excluding carboxylic acids is 3. The fourth-order valence-electron chi connectivity index (χ4n) is 3.19. The molecule has 1 fully saturated rings. The van der Waals surface area contributed by atoms with Gasteiger partial charge in [0.2, 0.25) is 11.6 Å². The summed E-state index contributed by atoms with van der Waals surface area (Å²) in [6.07, 6.45) is 2.98. The summed E-state index contributed by atoms with van der Waals surface area (Å²) >= 11 is 0. The summed E-state index contributed by atoms with van der Waals surface area (Å²) in [6, 6.07) is -0.759. The van der Waals surface area contributed by atoms with Gasteiger partial charge in [0, 0.05) is 20.1 Å². The molecule has 0 bridgehead atoms. The first-order chi connectivity index (χ1) is 11.5. The van der Waals surface area contributed by atoms with Crippen LogP contribution < -0.4 is 0 Å². The van der Waals surface area contributed by atoms with Gasteiger partial charge in [0.1, 0.15) is 6.04 Å². The van der Waals surface area contributed by atoms with Crippen LogP contribution in [-0.2, 0) is 9.53 Å². The van der Waals surface area contributed by atoms with E-state index in [0.29, 0.717) is 13.1 Å². The summed E-state index contributed by atoms with van der Waals surface area (Å²) in [4.78, 5) is 40.0. The van der Waals surface area contributed by atoms with Crippen molar-refractivity contribution >= 4 is 17.8 Å². The van der Waals surface area contributed by atoms with Gasteiger partial charge in [-0.1, -0.05) is 0 Å². The van der Waals surface area contributed by atoms with Crippen LogP contribution >= 0.6 is 0 Å². The lowest BCUT2D eigenvalue weighted by atomic mass is 10.1. The first-order valence-electron chi connectivity index (χ1n) is 7.89. The number of ether oxygens (including phenoxy) is 1. The first kappa shape index (κ1) is 16.3. The van der Waals surface area contributed by atoms with Gasteiger partial charge in [-0.15, -0.1) is 0 Å². The van der Waals surface area contributed by atoms with Crippen LogP contribution in [0.15, 0.2) is 0 Å². The smallest absolute Gasteiger partial charge is 0.362 e. The van der Waals surface area contributed by atoms with Gasteiger partial charge in [-0.25, -0.2) is 9.48 Å². The lowest BCUT2D eigenvalue weighted by Gasteiger charge is -2.35. The molecule has 130 valence electrons. The van der Waals surface area contributed by atoms with Crippen molar-refractivity contribution < 1.29 is 24.2 Å². The Morgan fingerprint density at radius 1 is 1.25 bits per heavy atom. The van der Waals surface area contributed by atoms with Crippen molar-refractivity contribution in [3.05, 3.63) is 11.4 Å². The monoisotopic (exact) mass is 336 g/mol. The number of rotatable bonds is 2. The SMILES string of the molecule is COC(=O)c1nn2c(c1O)C(=O)N(C)CC2C(=O)N1CCCCC1. The number of methoxy groups -OCH3 is 1. The minimum Gasteiger partial charge on any atom is -0.503 e. The molecule has 9 nitrogen and oxygen atoms in total. The molecule has 1 aromatic rings. The van der Waals surface area contributed by atoms with Crippen LogP contribution in [0.2, 0.25) is 0 Å². The standard InChI is InChI=1S/C15H20N4O5/c1-17-8-9(13(21)18-6-4-3-5-7-18)19-11(14(17)22)12(20)10(16-19)15(23)24-2/h9,20H,3-8H2,1-2H3. The predicted octanol–water partition coefficient (Wildman–Crippen LogP) is 0.0145. The number of likely N-dealkylation sites (N-methyl/N-ethyl adjacent to an activating group) is 1. The lowest BCUT2D eigenvalue weighted by molar-refractivity contribution is -0.136. The van der Waals surface area contributed by atoms with Gasteiger partial charge >= 0.3 is 5.97 Å². The van der Waals surface area contributed by atoms with E-state index in [2.05, 4.69) is 9.84 Å². The summed E-state index contributed by atoms with van der Waals surface area (Å²) in [5.41, 5.74) is -0.507. The molecule has 0 saturated carbocycles. The Morgan fingerprint density at radius 2 is 1.92 bits per heavy atom. The third-order valence-corrected chi connectivity index (χ3v) is 4.51. The van der Waals surface area contributed by atoms with Crippen LogP contribution in [0, 0.1) is 0 Å². The summed E-state index contributed by atoms with van der Waals surface area (Å²) in [5.74, 6) is -2.05. The Balaban J connectivity index is 2.01. The summed E-state index contributed by atoms with van der Waals surface area (Å²) < 4.78 is 5.74. The second-order valence-electron chi connectivity index (χ2n) is 6.07. The van der Waals surface area contributed by atoms with E-state index in [1.165, 1.54) is 9.58 Å². The highest BCUT2D eigenvalue weighted by Gasteiger charge is 2.41. The molecule has 1 unspecified atom stereocenters. The molecule has 0 radical (unpaired) electrons. The molecule has 1 N–H and O–H groups in total. The van der Waals surface area contributed by atoms with Crippen LogP contribution in [0.3, 0.4) is 0 Å². The van der Waals surface area contributed by atoms with Crippen molar-refractivity contribution in [1.29, 1.82) is 0 Å². The third-order valence-electron chi connectivity index (χ3n) is 4.51. The van der Waals surface area contributed by atoms with E-state index in [9.17, 15) is 19.5 Å². The second-order valence-corrected chi connectivity index (χ2v) is 6.07. The van der Waals surface area contributed by atoms with Crippen LogP contribution in [0.5, 0.6) is 5.75 Å². The Kier molecular flexibility index (Phi) is 4.16. The van der Waals surface area contributed by atoms with Gasteiger partial charge in [0.15, 0.2) is 11.4 Å². The van der Waals surface area contributed by atoms with Gasteiger partial charge in [-0.3, -0.25) is 9.59 Å². The molecule has 1 atom stereocenters. The number of piperidine rings is 1. The number of fused-ring (bicyclic) bond motifs is 1. The van der Waals surface area contributed by atoms with Crippen LogP contribution in [0.25, 0.3) is 0 Å². The molecule has 2 amide bonds. The maximum absolute atomic E-state index is 12.9. The van der Waals surface area contributed by atoms with E-state index in [0.717, 1.165) is 26.4 Å². The zero-order valence-electron chi connectivity index (χ0n) is 13.7. The number of likely N-dealkylation sites (tertiary alicyclic amines) is 1. The van der Waals surface area contributed by atoms with E-state index in [4.69, 9.17) is 0 Å². The topological polar surface area (TPSA) is 105 Å². The molecule has 0 aliphatic carbocycles. The number of aromatic nitrogens is 2. The Morgan fingerprint density at radius 3 is 2.54 bits per heavy atom. The van der Waals surface area contributed by atoms with Crippen molar-refractivity contribution in [3.63, 3.8) is 0 Å². The van der Waals surface area contributed by atoms with Crippen LogP contribution in [0.4, 0.5) is 0 Å². The average molecular weight is 336 g/mol. The second kappa shape index (κ2) is 6.14. The average Bonchev–Trinajstić information content (AvgIpc) is 2.95. The molecule has 24 heavy (non-hydrogen) atoms. The minimum absolute atomic E-state index is 0.142. The van der Waals surface area contributed by atoms with Crippen LogP contribution in [0.1, 0.15) is 46.3 Å². The molecule has 0 aromatic carbocycles. The zero-order chi connectivity index (χ0) is 17.4.